The second-order valence-corrected chi connectivity index (χ2v) is 9.60. The molecule has 0 unspecified atom stereocenters. The summed E-state index contributed by atoms with van der Waals surface area (Å²) in [5.74, 6) is 0.648. The highest BCUT2D eigenvalue weighted by Gasteiger charge is 2.29. The van der Waals surface area contributed by atoms with E-state index in [2.05, 4.69) is 5.32 Å². The second-order valence-electron chi connectivity index (χ2n) is 7.74. The average Bonchev–Trinajstić information content (AvgIpc) is 2.81. The summed E-state index contributed by atoms with van der Waals surface area (Å²) in [4.78, 5) is 12.9. The molecule has 1 N–H and O–H groups in total. The molecule has 1 amide bonds. The molecule has 0 saturated carbocycles. The van der Waals surface area contributed by atoms with Gasteiger partial charge in [0.1, 0.15) is 24.7 Å². The lowest BCUT2D eigenvalue weighted by Gasteiger charge is -2.26. The fourth-order valence-corrected chi connectivity index (χ4v) is 4.76. The number of benzene rings is 3. The molecule has 0 fully saturated rings. The van der Waals surface area contributed by atoms with E-state index in [9.17, 15) is 13.2 Å². The molecule has 0 heterocycles. The van der Waals surface area contributed by atoms with Crippen molar-refractivity contribution in [3.05, 3.63) is 83.9 Å². The first kappa shape index (κ1) is 25.1. The zero-order valence-corrected chi connectivity index (χ0v) is 20.5. The van der Waals surface area contributed by atoms with Crippen molar-refractivity contribution in [1.29, 1.82) is 0 Å². The van der Waals surface area contributed by atoms with E-state index in [1.807, 2.05) is 45.0 Å². The maximum absolute atomic E-state index is 13.5. The Morgan fingerprint density at radius 2 is 1.65 bits per heavy atom. The Bertz CT molecular complexity index is 1210. The third-order valence-corrected chi connectivity index (χ3v) is 6.79. The van der Waals surface area contributed by atoms with E-state index < -0.39 is 22.5 Å². The zero-order valence-electron chi connectivity index (χ0n) is 19.7. The second kappa shape index (κ2) is 11.6. The molecule has 3 aromatic carbocycles. The highest BCUT2D eigenvalue weighted by Crippen LogP contribution is 2.32. The van der Waals surface area contributed by atoms with Crippen LogP contribution in [0.2, 0.25) is 0 Å². The number of rotatable bonds is 11. The largest absolute Gasteiger partial charge is 0.492 e. The number of nitrogens with zero attached hydrogens (tertiary/aromatic N) is 1. The van der Waals surface area contributed by atoms with E-state index in [1.54, 1.807) is 36.4 Å². The summed E-state index contributed by atoms with van der Waals surface area (Å²) in [6.45, 7) is 6.12. The van der Waals surface area contributed by atoms with Crippen LogP contribution < -0.4 is 19.1 Å². The average molecular weight is 483 g/mol. The van der Waals surface area contributed by atoms with Gasteiger partial charge in [-0.15, -0.1) is 0 Å². The summed E-state index contributed by atoms with van der Waals surface area (Å²) in [7, 11) is -4.02. The van der Waals surface area contributed by atoms with Crippen LogP contribution in [0.1, 0.15) is 18.1 Å². The summed E-state index contributed by atoms with van der Waals surface area (Å²) in [5, 5.41) is 2.74. The number of nitrogens with one attached hydrogen (secondary N) is 1. The van der Waals surface area contributed by atoms with Crippen LogP contribution in [0.3, 0.4) is 0 Å². The van der Waals surface area contributed by atoms with Gasteiger partial charge in [-0.05, 0) is 62.7 Å². The van der Waals surface area contributed by atoms with Gasteiger partial charge in [-0.2, -0.15) is 0 Å². The fourth-order valence-electron chi connectivity index (χ4n) is 3.33. The van der Waals surface area contributed by atoms with Crippen LogP contribution in [-0.2, 0) is 14.8 Å². The smallest absolute Gasteiger partial charge is 0.264 e. The van der Waals surface area contributed by atoms with E-state index in [-0.39, 0.29) is 18.0 Å². The number of para-hydroxylation sites is 2. The number of anilines is 1. The molecular weight excluding hydrogens is 452 g/mol. The van der Waals surface area contributed by atoms with Crippen LogP contribution in [0.4, 0.5) is 5.69 Å². The molecule has 0 aromatic heterocycles. The number of hydrogen-bond donors (Lipinski definition) is 1. The highest BCUT2D eigenvalue weighted by molar-refractivity contribution is 7.92. The molecule has 0 aliphatic carbocycles. The summed E-state index contributed by atoms with van der Waals surface area (Å²) in [5.41, 5.74) is 2.31. The molecule has 0 aliphatic heterocycles. The van der Waals surface area contributed by atoms with Crippen molar-refractivity contribution in [1.82, 2.24) is 5.32 Å². The Morgan fingerprint density at radius 3 is 2.35 bits per heavy atom. The van der Waals surface area contributed by atoms with Crippen LogP contribution in [0.15, 0.2) is 77.7 Å². The number of carbonyl (C=O) groups excluding carboxylic acids is 1. The number of sulfonamides is 1. The van der Waals surface area contributed by atoms with Crippen molar-refractivity contribution in [3.8, 4) is 11.5 Å². The third kappa shape index (κ3) is 6.51. The minimum absolute atomic E-state index is 0.0972. The topological polar surface area (TPSA) is 84.9 Å². The summed E-state index contributed by atoms with van der Waals surface area (Å²) in [6, 6.07) is 20.9. The van der Waals surface area contributed by atoms with Gasteiger partial charge in [0.2, 0.25) is 5.91 Å². The zero-order chi connectivity index (χ0) is 24.6. The van der Waals surface area contributed by atoms with Gasteiger partial charge in [0, 0.05) is 0 Å². The summed E-state index contributed by atoms with van der Waals surface area (Å²) >= 11 is 0. The molecule has 7 nitrogen and oxygen atoms in total. The van der Waals surface area contributed by atoms with Crippen molar-refractivity contribution >= 4 is 21.6 Å². The number of aryl methyl sites for hydroxylation is 2. The standard InChI is InChI=1S/C26H30N2O5S/c1-4-32-25-11-6-5-10-24(25)28(34(30,31)23-14-12-20(2)13-15-23)19-26(29)27-16-17-33-22-9-7-8-21(3)18-22/h5-15,18H,4,16-17,19H2,1-3H3,(H,27,29). The monoisotopic (exact) mass is 482 g/mol. The van der Waals surface area contributed by atoms with E-state index in [4.69, 9.17) is 9.47 Å². The molecule has 0 bridgehead atoms. The molecular formula is C26H30N2O5S. The van der Waals surface area contributed by atoms with Crippen LogP contribution in [0.5, 0.6) is 11.5 Å². The fraction of sp³-hybridized carbons (Fsp3) is 0.269. The summed E-state index contributed by atoms with van der Waals surface area (Å²) in [6.07, 6.45) is 0. The van der Waals surface area contributed by atoms with Gasteiger partial charge in [-0.3, -0.25) is 9.10 Å². The highest BCUT2D eigenvalue weighted by atomic mass is 32.2. The van der Waals surface area contributed by atoms with Crippen molar-refractivity contribution in [2.75, 3.05) is 30.6 Å². The third-order valence-electron chi connectivity index (χ3n) is 5.01. The van der Waals surface area contributed by atoms with Crippen LogP contribution in [0, 0.1) is 13.8 Å². The lowest BCUT2D eigenvalue weighted by atomic mass is 10.2. The van der Waals surface area contributed by atoms with Crippen LogP contribution in [0.25, 0.3) is 0 Å². The van der Waals surface area contributed by atoms with Crippen molar-refractivity contribution < 1.29 is 22.7 Å². The molecule has 0 radical (unpaired) electrons. The molecule has 0 spiro atoms. The minimum Gasteiger partial charge on any atom is -0.492 e. The van der Waals surface area contributed by atoms with Crippen molar-refractivity contribution in [2.45, 2.75) is 25.7 Å². The lowest BCUT2D eigenvalue weighted by Crippen LogP contribution is -2.42. The Kier molecular flexibility index (Phi) is 8.54. The van der Waals surface area contributed by atoms with Gasteiger partial charge in [-0.1, -0.05) is 42.0 Å². The van der Waals surface area contributed by atoms with E-state index >= 15 is 0 Å². The van der Waals surface area contributed by atoms with Gasteiger partial charge in [0.25, 0.3) is 10.0 Å². The summed E-state index contributed by atoms with van der Waals surface area (Å²) < 4.78 is 39.5. The Hall–Kier alpha value is -3.52. The van der Waals surface area contributed by atoms with Crippen LogP contribution >= 0.6 is 0 Å². The van der Waals surface area contributed by atoms with E-state index in [0.717, 1.165) is 15.4 Å². The first-order chi connectivity index (χ1) is 16.3. The molecule has 3 rings (SSSR count). The Morgan fingerprint density at radius 1 is 0.912 bits per heavy atom. The number of amides is 1. The molecule has 180 valence electrons. The van der Waals surface area contributed by atoms with Crippen molar-refractivity contribution in [3.63, 3.8) is 0 Å². The van der Waals surface area contributed by atoms with Crippen molar-refractivity contribution in [2.24, 2.45) is 0 Å². The molecule has 8 heteroatoms. The predicted molar refractivity (Wildman–Crippen MR) is 133 cm³/mol. The van der Waals surface area contributed by atoms with E-state index in [0.29, 0.717) is 23.8 Å². The predicted octanol–water partition coefficient (Wildman–Crippen LogP) is 4.09. The maximum atomic E-state index is 13.5. The molecule has 34 heavy (non-hydrogen) atoms. The van der Waals surface area contributed by atoms with Gasteiger partial charge >= 0.3 is 0 Å². The van der Waals surface area contributed by atoms with Gasteiger partial charge in [-0.25, -0.2) is 8.42 Å². The first-order valence-electron chi connectivity index (χ1n) is 11.1. The van der Waals surface area contributed by atoms with Crippen LogP contribution in [-0.4, -0.2) is 40.6 Å². The van der Waals surface area contributed by atoms with E-state index in [1.165, 1.54) is 12.1 Å². The lowest BCUT2D eigenvalue weighted by molar-refractivity contribution is -0.119. The quantitative estimate of drug-likeness (QED) is 0.416. The Labute approximate surface area is 201 Å². The number of hydrogen-bond acceptors (Lipinski definition) is 5. The van der Waals surface area contributed by atoms with Gasteiger partial charge in [0.05, 0.1) is 23.7 Å². The SMILES string of the molecule is CCOc1ccccc1N(CC(=O)NCCOc1cccc(C)c1)S(=O)(=O)c1ccc(C)cc1. The molecule has 0 saturated heterocycles. The molecule has 3 aromatic rings. The first-order valence-corrected chi connectivity index (χ1v) is 12.5. The van der Waals surface area contributed by atoms with Gasteiger partial charge in [0.15, 0.2) is 0 Å². The minimum atomic E-state index is -4.02. The number of ether oxygens (including phenoxy) is 2. The molecule has 0 atom stereocenters. The maximum Gasteiger partial charge on any atom is 0.264 e. The number of carbonyl (C=O) groups is 1. The normalized spacial score (nSPS) is 11.0. The van der Waals surface area contributed by atoms with Gasteiger partial charge < -0.3 is 14.8 Å². The Balaban J connectivity index is 1.77. The molecule has 0 aliphatic rings.